The van der Waals surface area contributed by atoms with Gasteiger partial charge in [-0.3, -0.25) is 0 Å². The molecule has 18 rings (SSSR count). The Morgan fingerprint density at radius 3 is 1.01 bits per heavy atom. The van der Waals surface area contributed by atoms with E-state index < -0.39 is 0 Å². The van der Waals surface area contributed by atoms with Gasteiger partial charge in [-0.2, -0.15) is 0 Å². The van der Waals surface area contributed by atoms with Crippen molar-refractivity contribution >= 4 is 150 Å². The maximum atomic E-state index is 2.51. The molecule has 0 radical (unpaired) electrons. The molecule has 4 heteroatoms. The maximum absolute atomic E-state index is 2.51. The van der Waals surface area contributed by atoms with Gasteiger partial charge in [-0.05, 0) is 138 Å². The molecule has 80 heavy (non-hydrogen) atoms. The summed E-state index contributed by atoms with van der Waals surface area (Å²) in [5, 5.41) is 20.3. The Balaban J connectivity index is 0.821. The highest BCUT2D eigenvalue weighted by Crippen LogP contribution is 2.49. The minimum atomic E-state index is 1.20. The molecule has 0 spiro atoms. The van der Waals surface area contributed by atoms with Crippen LogP contribution in [0.3, 0.4) is 0 Å². The first-order valence-electron chi connectivity index (χ1n) is 27.5. The molecule has 0 saturated carbocycles. The quantitative estimate of drug-likeness (QED) is 0.163. The molecule has 0 aliphatic rings. The number of fused-ring (bicyclic) bond motifs is 18. The Morgan fingerprint density at radius 2 is 0.562 bits per heavy atom. The van der Waals surface area contributed by atoms with Gasteiger partial charge in [0, 0.05) is 72.7 Å². The summed E-state index contributed by atoms with van der Waals surface area (Å²) < 4.78 is 10.3. The molecule has 0 fully saturated rings. The Labute approximate surface area is 467 Å². The van der Waals surface area contributed by atoms with Crippen LogP contribution >= 0.6 is 22.7 Å². The van der Waals surface area contributed by atoms with Gasteiger partial charge in [-0.25, -0.2) is 0 Å². The number of aromatic nitrogens is 2. The number of thiophene rings is 2. The molecular weight excluding hydrogens is 1000 g/mol. The van der Waals surface area contributed by atoms with Crippen molar-refractivity contribution in [2.75, 3.05) is 0 Å². The number of hydrogen-bond acceptors (Lipinski definition) is 2. The third kappa shape index (κ3) is 6.23. The van der Waals surface area contributed by atoms with Gasteiger partial charge in [0.2, 0.25) is 0 Å². The van der Waals surface area contributed by atoms with Crippen molar-refractivity contribution in [3.8, 4) is 44.8 Å². The SMILES string of the molecule is c1ccc2c(-n3c4ccc(-c5ccc(-c6ccc(-c7ccc8c(c7)c7c9c(ccc7n8-c7cccc8ccccc78)sc7ccccc79)c7ccccc67)c6ccccc56)cc4c4c5c(ccc43)sc3ccccc35)cccc2c1. The van der Waals surface area contributed by atoms with E-state index in [9.17, 15) is 0 Å². The Bertz CT molecular complexity index is 5320. The summed E-state index contributed by atoms with van der Waals surface area (Å²) in [5.74, 6) is 0. The fourth-order valence-corrected chi connectivity index (χ4v) is 16.1. The maximum Gasteiger partial charge on any atom is 0.0548 e. The summed E-state index contributed by atoms with van der Waals surface area (Å²) in [5.41, 5.74) is 14.6. The molecule has 4 aromatic heterocycles. The lowest BCUT2D eigenvalue weighted by Gasteiger charge is -2.16. The molecule has 0 aliphatic heterocycles. The van der Waals surface area contributed by atoms with Crippen LogP contribution in [0, 0.1) is 0 Å². The van der Waals surface area contributed by atoms with Crippen molar-refractivity contribution in [2.24, 2.45) is 0 Å². The lowest BCUT2D eigenvalue weighted by Crippen LogP contribution is -1.95. The van der Waals surface area contributed by atoms with Crippen LogP contribution in [0.1, 0.15) is 0 Å². The van der Waals surface area contributed by atoms with Crippen LogP contribution in [-0.2, 0) is 0 Å². The molecule has 0 N–H and O–H groups in total. The predicted molar refractivity (Wildman–Crippen MR) is 347 cm³/mol. The highest BCUT2D eigenvalue weighted by molar-refractivity contribution is 7.26. The lowest BCUT2D eigenvalue weighted by molar-refractivity contribution is 1.20. The van der Waals surface area contributed by atoms with Gasteiger partial charge in [0.25, 0.3) is 0 Å². The molecule has 0 bridgehead atoms. The first-order chi connectivity index (χ1) is 39.7. The molecule has 0 saturated heterocycles. The average Bonchev–Trinajstić information content (AvgIpc) is 4.47. The standard InChI is InChI=1S/C76H44N2S2/c1-3-19-51-45(15-1)17-13-27-63(51)77-65-37-31-47(43-61(65)73-67(77)39-41-71-75(73)59-25-9-11-29-69(59)79-71)49-33-35-57(55-23-7-5-21-53(49)55)58-36-34-50(54-22-6-8-24-56(54)58)48-32-38-66-62(44-48)74-68(40-42-72-76(74)60-26-10-12-30-70(60)80-72)78(66)64-28-14-18-46-16-2-4-20-52(46)64/h1-44H. The number of rotatable bonds is 5. The van der Waals surface area contributed by atoms with Crippen LogP contribution in [0.5, 0.6) is 0 Å². The minimum absolute atomic E-state index is 1.20. The summed E-state index contributed by atoms with van der Waals surface area (Å²) in [6.45, 7) is 0. The fraction of sp³-hybridized carbons (Fsp3) is 0. The van der Waals surface area contributed by atoms with Crippen LogP contribution in [0.4, 0.5) is 0 Å². The zero-order chi connectivity index (χ0) is 52.2. The second-order valence-electron chi connectivity index (χ2n) is 21.4. The summed E-state index contributed by atoms with van der Waals surface area (Å²) in [6, 6.07) is 100. The normalized spacial score (nSPS) is 12.2. The third-order valence-electron chi connectivity index (χ3n) is 17.3. The van der Waals surface area contributed by atoms with E-state index in [0.29, 0.717) is 0 Å². The third-order valence-corrected chi connectivity index (χ3v) is 19.6. The van der Waals surface area contributed by atoms with Crippen molar-refractivity contribution in [1.82, 2.24) is 9.13 Å². The van der Waals surface area contributed by atoms with Crippen molar-refractivity contribution in [3.05, 3.63) is 267 Å². The summed E-state index contributed by atoms with van der Waals surface area (Å²) in [4.78, 5) is 0. The van der Waals surface area contributed by atoms with Gasteiger partial charge in [-0.1, -0.05) is 194 Å². The Kier molecular flexibility index (Phi) is 9.29. The van der Waals surface area contributed by atoms with Gasteiger partial charge in [0.1, 0.15) is 0 Å². The van der Waals surface area contributed by atoms with E-state index in [4.69, 9.17) is 0 Å². The van der Waals surface area contributed by atoms with Gasteiger partial charge in [0.05, 0.1) is 33.4 Å². The monoisotopic (exact) mass is 1050 g/mol. The molecule has 14 aromatic carbocycles. The second-order valence-corrected chi connectivity index (χ2v) is 23.6. The van der Waals surface area contributed by atoms with Crippen LogP contribution < -0.4 is 0 Å². The van der Waals surface area contributed by atoms with Crippen LogP contribution in [0.25, 0.3) is 172 Å². The summed E-state index contributed by atoms with van der Waals surface area (Å²) in [7, 11) is 0. The van der Waals surface area contributed by atoms with Crippen molar-refractivity contribution in [1.29, 1.82) is 0 Å². The average molecular weight is 1050 g/mol. The topological polar surface area (TPSA) is 9.86 Å². The molecular formula is C76H44N2S2. The van der Waals surface area contributed by atoms with E-state index in [1.807, 2.05) is 22.7 Å². The Morgan fingerprint density at radius 1 is 0.212 bits per heavy atom. The molecule has 0 unspecified atom stereocenters. The lowest BCUT2D eigenvalue weighted by atomic mass is 9.87. The molecule has 2 nitrogen and oxygen atoms in total. The molecule has 0 aliphatic carbocycles. The number of hydrogen-bond donors (Lipinski definition) is 0. The molecule has 4 heterocycles. The molecule has 0 atom stereocenters. The molecule has 18 aromatic rings. The Hall–Kier alpha value is -9.84. The number of nitrogens with zero attached hydrogens (tertiary/aromatic N) is 2. The first kappa shape index (κ1) is 44.2. The van der Waals surface area contributed by atoms with E-state index in [0.717, 1.165) is 0 Å². The van der Waals surface area contributed by atoms with Gasteiger partial charge in [0.15, 0.2) is 0 Å². The first-order valence-corrected chi connectivity index (χ1v) is 29.1. The second kappa shape index (κ2) is 16.8. The zero-order valence-corrected chi connectivity index (χ0v) is 44.7. The predicted octanol–water partition coefficient (Wildman–Crippen LogP) is 22.2. The summed E-state index contributed by atoms with van der Waals surface area (Å²) >= 11 is 3.77. The largest absolute Gasteiger partial charge is 0.309 e. The fourth-order valence-electron chi connectivity index (χ4n) is 13.9. The van der Waals surface area contributed by atoms with Gasteiger partial charge >= 0.3 is 0 Å². The van der Waals surface area contributed by atoms with Gasteiger partial charge in [-0.15, -0.1) is 22.7 Å². The summed E-state index contributed by atoms with van der Waals surface area (Å²) in [6.07, 6.45) is 0. The van der Waals surface area contributed by atoms with Crippen LogP contribution in [-0.4, -0.2) is 9.13 Å². The molecule has 0 amide bonds. The van der Waals surface area contributed by atoms with E-state index in [1.165, 1.54) is 172 Å². The zero-order valence-electron chi connectivity index (χ0n) is 43.1. The van der Waals surface area contributed by atoms with Crippen molar-refractivity contribution in [2.45, 2.75) is 0 Å². The smallest absolute Gasteiger partial charge is 0.0548 e. The van der Waals surface area contributed by atoms with Crippen molar-refractivity contribution < 1.29 is 0 Å². The van der Waals surface area contributed by atoms with E-state index >= 15 is 0 Å². The van der Waals surface area contributed by atoms with Crippen molar-refractivity contribution in [3.63, 3.8) is 0 Å². The van der Waals surface area contributed by atoms with E-state index in [1.54, 1.807) is 0 Å². The molecule has 370 valence electrons. The van der Waals surface area contributed by atoms with E-state index in [-0.39, 0.29) is 0 Å². The van der Waals surface area contributed by atoms with Crippen LogP contribution in [0.15, 0.2) is 267 Å². The minimum Gasteiger partial charge on any atom is -0.309 e. The van der Waals surface area contributed by atoms with E-state index in [2.05, 4.69) is 276 Å². The number of benzene rings is 14. The highest BCUT2D eigenvalue weighted by atomic mass is 32.1. The van der Waals surface area contributed by atoms with Gasteiger partial charge < -0.3 is 9.13 Å². The van der Waals surface area contributed by atoms with Crippen LogP contribution in [0.2, 0.25) is 0 Å². The highest BCUT2D eigenvalue weighted by Gasteiger charge is 2.23.